The highest BCUT2D eigenvalue weighted by molar-refractivity contribution is 5.79. The summed E-state index contributed by atoms with van der Waals surface area (Å²) in [5.41, 5.74) is 0.759. The number of hydrogen-bond donors (Lipinski definition) is 1. The van der Waals surface area contributed by atoms with E-state index in [2.05, 4.69) is 15.3 Å². The molecule has 6 heteroatoms. The summed E-state index contributed by atoms with van der Waals surface area (Å²) >= 11 is 0. The molecule has 100 valence electrons. The molecule has 1 aromatic heterocycles. The molecular formula is C12H19N3O3. The van der Waals surface area contributed by atoms with Crippen molar-refractivity contribution in [2.45, 2.75) is 26.8 Å². The van der Waals surface area contributed by atoms with Crippen molar-refractivity contribution in [1.29, 1.82) is 0 Å². The maximum absolute atomic E-state index is 11.7. The van der Waals surface area contributed by atoms with Gasteiger partial charge in [-0.05, 0) is 12.8 Å². The molecule has 0 bridgehead atoms. The van der Waals surface area contributed by atoms with Gasteiger partial charge in [0.2, 0.25) is 5.88 Å². The van der Waals surface area contributed by atoms with Crippen LogP contribution in [0.2, 0.25) is 0 Å². The minimum absolute atomic E-state index is 0.0813. The second-order valence-corrected chi connectivity index (χ2v) is 4.25. The maximum atomic E-state index is 11.7. The van der Waals surface area contributed by atoms with Gasteiger partial charge in [0.25, 0.3) is 0 Å². The summed E-state index contributed by atoms with van der Waals surface area (Å²) in [5, 5.41) is 3.07. The first kappa shape index (κ1) is 14.2. The van der Waals surface area contributed by atoms with E-state index in [4.69, 9.17) is 9.47 Å². The zero-order valence-corrected chi connectivity index (χ0v) is 11.4. The quantitative estimate of drug-likeness (QED) is 0.800. The number of nitrogens with one attached hydrogen (secondary N) is 1. The number of rotatable bonds is 5. The van der Waals surface area contributed by atoms with Gasteiger partial charge in [-0.25, -0.2) is 14.8 Å². The van der Waals surface area contributed by atoms with Gasteiger partial charge < -0.3 is 14.8 Å². The first-order chi connectivity index (χ1) is 8.51. The van der Waals surface area contributed by atoms with Crippen LogP contribution in [0.1, 0.15) is 19.4 Å². The number of esters is 1. The van der Waals surface area contributed by atoms with Crippen molar-refractivity contribution in [2.75, 3.05) is 19.5 Å². The lowest BCUT2D eigenvalue weighted by Gasteiger charge is -2.21. The fraction of sp³-hybridized carbons (Fsp3) is 0.583. The Balaban J connectivity index is 2.97. The second-order valence-electron chi connectivity index (χ2n) is 4.25. The summed E-state index contributed by atoms with van der Waals surface area (Å²) in [7, 11) is 2.91. The largest absolute Gasteiger partial charge is 0.481 e. The Hall–Kier alpha value is -1.85. The number of ether oxygens (including phenoxy) is 2. The zero-order valence-electron chi connectivity index (χ0n) is 11.4. The molecule has 18 heavy (non-hydrogen) atoms. The molecule has 0 aromatic carbocycles. The van der Waals surface area contributed by atoms with Crippen LogP contribution in [0.15, 0.2) is 6.33 Å². The smallest absolute Gasteiger partial charge is 0.328 e. The summed E-state index contributed by atoms with van der Waals surface area (Å²) < 4.78 is 9.87. The number of nitrogens with zero attached hydrogens (tertiary/aromatic N) is 2. The van der Waals surface area contributed by atoms with Crippen molar-refractivity contribution in [3.8, 4) is 5.88 Å². The number of carbonyl (C=O) groups excluding carboxylic acids is 1. The fourth-order valence-corrected chi connectivity index (χ4v) is 1.56. The van der Waals surface area contributed by atoms with E-state index >= 15 is 0 Å². The summed E-state index contributed by atoms with van der Waals surface area (Å²) in [5.74, 6) is 0.825. The van der Waals surface area contributed by atoms with Crippen LogP contribution in [0.25, 0.3) is 0 Å². The molecule has 0 radical (unpaired) electrons. The minimum atomic E-state index is -0.451. The monoisotopic (exact) mass is 253 g/mol. The average Bonchev–Trinajstić information content (AvgIpc) is 2.36. The van der Waals surface area contributed by atoms with E-state index < -0.39 is 6.04 Å². The van der Waals surface area contributed by atoms with Crippen LogP contribution in [0, 0.1) is 12.8 Å². The normalized spacial score (nSPS) is 12.1. The van der Waals surface area contributed by atoms with Gasteiger partial charge in [0.1, 0.15) is 18.2 Å². The Morgan fingerprint density at radius 2 is 2.00 bits per heavy atom. The Bertz CT molecular complexity index is 421. The SMILES string of the molecule is COC(=O)C(Nc1ncnc(OC)c1C)C(C)C. The lowest BCUT2D eigenvalue weighted by atomic mass is 10.0. The summed E-state index contributed by atoms with van der Waals surface area (Å²) in [6, 6.07) is -0.451. The van der Waals surface area contributed by atoms with Crippen molar-refractivity contribution in [2.24, 2.45) is 5.92 Å². The van der Waals surface area contributed by atoms with Gasteiger partial charge in [0, 0.05) is 0 Å². The van der Waals surface area contributed by atoms with Crippen molar-refractivity contribution >= 4 is 11.8 Å². The van der Waals surface area contributed by atoms with Gasteiger partial charge in [-0.1, -0.05) is 13.8 Å². The number of hydrogen-bond acceptors (Lipinski definition) is 6. The van der Waals surface area contributed by atoms with Gasteiger partial charge in [-0.2, -0.15) is 0 Å². The first-order valence-corrected chi connectivity index (χ1v) is 5.71. The molecule has 0 fully saturated rings. The number of anilines is 1. The van der Waals surface area contributed by atoms with Crippen LogP contribution < -0.4 is 10.1 Å². The van der Waals surface area contributed by atoms with Crippen LogP contribution >= 0.6 is 0 Å². The molecule has 1 aromatic rings. The molecule has 0 saturated heterocycles. The predicted octanol–water partition coefficient (Wildman–Crippen LogP) is 1.40. The highest BCUT2D eigenvalue weighted by Gasteiger charge is 2.24. The summed E-state index contributed by atoms with van der Waals surface area (Å²) in [6.07, 6.45) is 1.39. The van der Waals surface area contributed by atoms with Crippen molar-refractivity contribution in [3.05, 3.63) is 11.9 Å². The van der Waals surface area contributed by atoms with Gasteiger partial charge in [0.05, 0.1) is 19.8 Å². The Labute approximate surface area is 107 Å². The van der Waals surface area contributed by atoms with Crippen LogP contribution in [0.3, 0.4) is 0 Å². The lowest BCUT2D eigenvalue weighted by Crippen LogP contribution is -2.36. The number of aromatic nitrogens is 2. The Kier molecular flexibility index (Phi) is 4.88. The maximum Gasteiger partial charge on any atom is 0.328 e. The predicted molar refractivity (Wildman–Crippen MR) is 67.6 cm³/mol. The lowest BCUT2D eigenvalue weighted by molar-refractivity contribution is -0.142. The van der Waals surface area contributed by atoms with Gasteiger partial charge in [-0.3, -0.25) is 0 Å². The highest BCUT2D eigenvalue weighted by atomic mass is 16.5. The molecule has 1 atom stereocenters. The van der Waals surface area contributed by atoms with Crippen LogP contribution in [-0.4, -0.2) is 36.2 Å². The highest BCUT2D eigenvalue weighted by Crippen LogP contribution is 2.21. The van der Waals surface area contributed by atoms with E-state index in [1.165, 1.54) is 13.4 Å². The van der Waals surface area contributed by atoms with Crippen LogP contribution in [0.4, 0.5) is 5.82 Å². The molecular weight excluding hydrogens is 234 g/mol. The van der Waals surface area contributed by atoms with E-state index in [0.29, 0.717) is 11.7 Å². The molecule has 0 aliphatic rings. The molecule has 0 spiro atoms. The van der Waals surface area contributed by atoms with E-state index in [9.17, 15) is 4.79 Å². The van der Waals surface area contributed by atoms with Gasteiger partial charge in [-0.15, -0.1) is 0 Å². The van der Waals surface area contributed by atoms with Crippen LogP contribution in [-0.2, 0) is 9.53 Å². The molecule has 1 rings (SSSR count). The van der Waals surface area contributed by atoms with E-state index in [-0.39, 0.29) is 11.9 Å². The summed E-state index contributed by atoms with van der Waals surface area (Å²) in [6.45, 7) is 5.69. The topological polar surface area (TPSA) is 73.3 Å². The molecule has 0 saturated carbocycles. The van der Waals surface area contributed by atoms with Gasteiger partial charge in [0.15, 0.2) is 0 Å². The van der Waals surface area contributed by atoms with Crippen molar-refractivity contribution in [3.63, 3.8) is 0 Å². The molecule has 1 heterocycles. The zero-order chi connectivity index (χ0) is 13.7. The van der Waals surface area contributed by atoms with Crippen molar-refractivity contribution in [1.82, 2.24) is 9.97 Å². The molecule has 0 aliphatic heterocycles. The third-order valence-electron chi connectivity index (χ3n) is 2.65. The van der Waals surface area contributed by atoms with Crippen molar-refractivity contribution < 1.29 is 14.3 Å². The molecule has 1 unspecified atom stereocenters. The molecule has 1 N–H and O–H groups in total. The number of carbonyl (C=O) groups is 1. The minimum Gasteiger partial charge on any atom is -0.481 e. The van der Waals surface area contributed by atoms with Gasteiger partial charge >= 0.3 is 5.97 Å². The number of methoxy groups -OCH3 is 2. The summed E-state index contributed by atoms with van der Waals surface area (Å²) in [4.78, 5) is 19.8. The standard InChI is InChI=1S/C12H19N3O3/c1-7(2)9(12(16)18-5)15-10-8(3)11(17-4)14-6-13-10/h6-7,9H,1-5H3,(H,13,14,15). The third-order valence-corrected chi connectivity index (χ3v) is 2.65. The Morgan fingerprint density at radius 1 is 1.33 bits per heavy atom. The molecule has 0 amide bonds. The molecule has 6 nitrogen and oxygen atoms in total. The van der Waals surface area contributed by atoms with E-state index in [1.807, 2.05) is 20.8 Å². The van der Waals surface area contributed by atoms with E-state index in [1.54, 1.807) is 7.11 Å². The third kappa shape index (κ3) is 3.09. The van der Waals surface area contributed by atoms with Crippen LogP contribution in [0.5, 0.6) is 5.88 Å². The average molecular weight is 253 g/mol. The first-order valence-electron chi connectivity index (χ1n) is 5.71. The second kappa shape index (κ2) is 6.18. The molecule has 0 aliphatic carbocycles. The van der Waals surface area contributed by atoms with E-state index in [0.717, 1.165) is 5.56 Å². The Morgan fingerprint density at radius 3 is 2.50 bits per heavy atom. The fourth-order valence-electron chi connectivity index (χ4n) is 1.56.